The van der Waals surface area contributed by atoms with Crippen LogP contribution in [-0.2, 0) is 4.74 Å². The predicted molar refractivity (Wildman–Crippen MR) is 102 cm³/mol. The number of phenols is 1. The van der Waals surface area contributed by atoms with Gasteiger partial charge in [0.2, 0.25) is 0 Å². The number of aromatic nitrogens is 2. The molecular formula is C20H26N4O2. The van der Waals surface area contributed by atoms with Crippen molar-refractivity contribution in [2.75, 3.05) is 44.7 Å². The van der Waals surface area contributed by atoms with Crippen molar-refractivity contribution in [3.8, 4) is 17.0 Å². The summed E-state index contributed by atoms with van der Waals surface area (Å²) in [4.78, 5) is 4.59. The van der Waals surface area contributed by atoms with Gasteiger partial charge < -0.3 is 19.6 Å². The topological polar surface area (TPSA) is 61.7 Å². The minimum atomic E-state index is -0.0842. The summed E-state index contributed by atoms with van der Waals surface area (Å²) in [5, 5.41) is 19.1. The Bertz CT molecular complexity index is 785. The van der Waals surface area contributed by atoms with Crippen LogP contribution in [0.15, 0.2) is 24.3 Å². The number of likely N-dealkylation sites (N-methyl/N-ethyl adjacent to an activating group) is 1. The zero-order chi connectivity index (χ0) is 18.3. The van der Waals surface area contributed by atoms with Crippen LogP contribution >= 0.6 is 0 Å². The summed E-state index contributed by atoms with van der Waals surface area (Å²) in [5.41, 5.74) is 3.41. The maximum atomic E-state index is 10.3. The van der Waals surface area contributed by atoms with Gasteiger partial charge in [0.25, 0.3) is 0 Å². The molecule has 2 saturated heterocycles. The van der Waals surface area contributed by atoms with E-state index in [1.54, 1.807) is 6.07 Å². The van der Waals surface area contributed by atoms with E-state index in [0.29, 0.717) is 5.69 Å². The van der Waals surface area contributed by atoms with Crippen molar-refractivity contribution in [2.45, 2.75) is 25.9 Å². The van der Waals surface area contributed by atoms with Gasteiger partial charge in [0.05, 0.1) is 17.9 Å². The van der Waals surface area contributed by atoms with Crippen LogP contribution in [0, 0.1) is 13.8 Å². The quantitative estimate of drug-likeness (QED) is 0.893. The number of aryl methyl sites for hydroxylation is 2. The third-order valence-corrected chi connectivity index (χ3v) is 5.45. The third kappa shape index (κ3) is 3.15. The van der Waals surface area contributed by atoms with E-state index in [4.69, 9.17) is 4.74 Å². The largest absolute Gasteiger partial charge is 0.507 e. The summed E-state index contributed by atoms with van der Waals surface area (Å²) in [6.07, 6.45) is 1.01. The summed E-state index contributed by atoms with van der Waals surface area (Å²) in [5.74, 6) is 1.12. The number of morpholine rings is 1. The first-order valence-electron chi connectivity index (χ1n) is 9.18. The Labute approximate surface area is 154 Å². The molecule has 2 aromatic rings. The van der Waals surface area contributed by atoms with E-state index in [2.05, 4.69) is 27.0 Å². The van der Waals surface area contributed by atoms with Crippen molar-refractivity contribution in [1.82, 2.24) is 15.1 Å². The van der Waals surface area contributed by atoms with Crippen LogP contribution in [0.5, 0.6) is 5.75 Å². The normalized spacial score (nSPS) is 23.7. The first kappa shape index (κ1) is 17.2. The van der Waals surface area contributed by atoms with Crippen molar-refractivity contribution >= 4 is 5.82 Å². The van der Waals surface area contributed by atoms with Crippen molar-refractivity contribution in [3.05, 3.63) is 35.4 Å². The van der Waals surface area contributed by atoms with E-state index in [1.807, 2.05) is 32.0 Å². The Hall–Kier alpha value is -2.18. The number of ether oxygens (including phenoxy) is 1. The van der Waals surface area contributed by atoms with Gasteiger partial charge >= 0.3 is 0 Å². The molecule has 4 rings (SSSR count). The average molecular weight is 354 g/mol. The number of phenolic OH excluding ortho intramolecular Hbond substituents is 1. The lowest BCUT2D eigenvalue weighted by Crippen LogP contribution is -2.52. The maximum Gasteiger partial charge on any atom is 0.151 e. The van der Waals surface area contributed by atoms with Crippen LogP contribution in [0.2, 0.25) is 0 Å². The molecule has 0 bridgehead atoms. The second-order valence-electron chi connectivity index (χ2n) is 7.69. The second-order valence-corrected chi connectivity index (χ2v) is 7.69. The summed E-state index contributed by atoms with van der Waals surface area (Å²) in [7, 11) is 2.15. The summed E-state index contributed by atoms with van der Waals surface area (Å²) >= 11 is 0. The lowest BCUT2D eigenvalue weighted by molar-refractivity contribution is -0.0886. The van der Waals surface area contributed by atoms with E-state index < -0.39 is 0 Å². The Morgan fingerprint density at radius 3 is 2.65 bits per heavy atom. The molecule has 0 aliphatic carbocycles. The van der Waals surface area contributed by atoms with E-state index >= 15 is 0 Å². The highest BCUT2D eigenvalue weighted by atomic mass is 16.5. The monoisotopic (exact) mass is 354 g/mol. The van der Waals surface area contributed by atoms with Crippen molar-refractivity contribution in [2.24, 2.45) is 0 Å². The number of rotatable bonds is 2. The van der Waals surface area contributed by atoms with Gasteiger partial charge in [-0.15, -0.1) is 10.2 Å². The van der Waals surface area contributed by atoms with Crippen molar-refractivity contribution in [1.29, 1.82) is 0 Å². The molecule has 3 heterocycles. The zero-order valence-corrected chi connectivity index (χ0v) is 15.7. The molecule has 1 atom stereocenters. The molecular weight excluding hydrogens is 328 g/mol. The third-order valence-electron chi connectivity index (χ3n) is 5.45. The van der Waals surface area contributed by atoms with E-state index in [1.165, 1.54) is 0 Å². The summed E-state index contributed by atoms with van der Waals surface area (Å²) < 4.78 is 6.12. The molecule has 1 spiro atoms. The molecule has 2 aliphatic heterocycles. The van der Waals surface area contributed by atoms with Gasteiger partial charge in [-0.1, -0.05) is 6.07 Å². The van der Waals surface area contributed by atoms with Crippen molar-refractivity contribution < 1.29 is 9.84 Å². The first-order valence-corrected chi connectivity index (χ1v) is 9.18. The van der Waals surface area contributed by atoms with Gasteiger partial charge in [-0.25, -0.2) is 0 Å². The highest BCUT2D eigenvalue weighted by Gasteiger charge is 2.42. The first-order chi connectivity index (χ1) is 12.5. The number of benzene rings is 1. The highest BCUT2D eigenvalue weighted by molar-refractivity contribution is 5.71. The van der Waals surface area contributed by atoms with Crippen LogP contribution in [0.3, 0.4) is 0 Å². The lowest BCUT2D eigenvalue weighted by atomic mass is 10.0. The number of hydrogen-bond donors (Lipinski definition) is 1. The molecule has 0 radical (unpaired) electrons. The molecule has 26 heavy (non-hydrogen) atoms. The van der Waals surface area contributed by atoms with Gasteiger partial charge in [0.1, 0.15) is 5.75 Å². The molecule has 1 unspecified atom stereocenters. The minimum absolute atomic E-state index is 0.0842. The zero-order valence-electron chi connectivity index (χ0n) is 15.7. The van der Waals surface area contributed by atoms with Gasteiger partial charge in [-0.05, 0) is 56.6 Å². The number of hydrogen-bond acceptors (Lipinski definition) is 6. The fourth-order valence-electron chi connectivity index (χ4n) is 4.23. The standard InChI is InChI=1S/C20H26N4O2/c1-14-10-15(2)19(17(25)11-14)16-4-5-18(22-21-16)24-7-6-20(13-24)12-23(3)8-9-26-20/h4-5,10-11,25H,6-9,12-13H2,1-3H3. The molecule has 0 saturated carbocycles. The number of aromatic hydroxyl groups is 1. The Kier molecular flexibility index (Phi) is 4.32. The predicted octanol–water partition coefficient (Wildman–Crippen LogP) is 2.38. The Morgan fingerprint density at radius 1 is 1.12 bits per heavy atom. The smallest absolute Gasteiger partial charge is 0.151 e. The van der Waals surface area contributed by atoms with E-state index in [-0.39, 0.29) is 11.4 Å². The van der Waals surface area contributed by atoms with Crippen LogP contribution in [0.25, 0.3) is 11.3 Å². The molecule has 138 valence electrons. The average Bonchev–Trinajstić information content (AvgIpc) is 2.97. The van der Waals surface area contributed by atoms with Crippen molar-refractivity contribution in [3.63, 3.8) is 0 Å². The number of anilines is 1. The minimum Gasteiger partial charge on any atom is -0.507 e. The van der Waals surface area contributed by atoms with Gasteiger partial charge in [-0.2, -0.15) is 0 Å². The SMILES string of the molecule is Cc1cc(C)c(-c2ccc(N3CCC4(CN(C)CCO4)C3)nn2)c(O)c1. The second kappa shape index (κ2) is 6.52. The van der Waals surface area contributed by atoms with Crippen LogP contribution in [-0.4, -0.2) is 65.6 Å². The molecule has 1 N–H and O–H groups in total. The molecule has 6 heteroatoms. The molecule has 2 fully saturated rings. The number of nitrogens with zero attached hydrogens (tertiary/aromatic N) is 4. The molecule has 1 aromatic carbocycles. The maximum absolute atomic E-state index is 10.3. The summed E-state index contributed by atoms with van der Waals surface area (Å²) in [6.45, 7) is 8.48. The molecule has 1 aromatic heterocycles. The van der Waals surface area contributed by atoms with Gasteiger partial charge in [0, 0.05) is 31.7 Å². The molecule has 2 aliphatic rings. The van der Waals surface area contributed by atoms with Gasteiger partial charge in [0.15, 0.2) is 5.82 Å². The van der Waals surface area contributed by atoms with Gasteiger partial charge in [-0.3, -0.25) is 0 Å². The van der Waals surface area contributed by atoms with E-state index in [0.717, 1.165) is 61.7 Å². The fraction of sp³-hybridized carbons (Fsp3) is 0.500. The van der Waals surface area contributed by atoms with Crippen LogP contribution < -0.4 is 4.90 Å². The van der Waals surface area contributed by atoms with Crippen LogP contribution in [0.4, 0.5) is 5.82 Å². The Balaban J connectivity index is 1.54. The lowest BCUT2D eigenvalue weighted by Gasteiger charge is -2.38. The molecule has 6 nitrogen and oxygen atoms in total. The van der Waals surface area contributed by atoms with E-state index in [9.17, 15) is 5.11 Å². The fourth-order valence-corrected chi connectivity index (χ4v) is 4.23. The van der Waals surface area contributed by atoms with Crippen LogP contribution in [0.1, 0.15) is 17.5 Å². The summed E-state index contributed by atoms with van der Waals surface area (Å²) in [6, 6.07) is 7.75. The molecule has 0 amide bonds. The highest BCUT2D eigenvalue weighted by Crippen LogP contribution is 2.34. The Morgan fingerprint density at radius 2 is 1.96 bits per heavy atom.